The first-order chi connectivity index (χ1) is 9.31. The van der Waals surface area contributed by atoms with Crippen LogP contribution >= 0.6 is 11.6 Å². The smallest absolute Gasteiger partial charge is 0.182 e. The normalized spacial score (nSPS) is 10.8. The summed E-state index contributed by atoms with van der Waals surface area (Å²) < 4.78 is 7.45. The van der Waals surface area contributed by atoms with Gasteiger partial charge in [-0.1, -0.05) is 23.7 Å². The summed E-state index contributed by atoms with van der Waals surface area (Å²) in [4.78, 5) is 12.3. The van der Waals surface area contributed by atoms with Crippen LogP contribution in [0.4, 0.5) is 0 Å². The molecule has 5 nitrogen and oxygen atoms in total. The van der Waals surface area contributed by atoms with Gasteiger partial charge in [-0.25, -0.2) is 15.0 Å². The summed E-state index contributed by atoms with van der Waals surface area (Å²) in [5.74, 6) is 0.768. The highest BCUT2D eigenvalue weighted by molar-refractivity contribution is 6.33. The number of para-hydroxylation sites is 2. The van der Waals surface area contributed by atoms with Gasteiger partial charge in [0.25, 0.3) is 0 Å². The van der Waals surface area contributed by atoms with E-state index >= 15 is 0 Å². The fourth-order valence-corrected chi connectivity index (χ4v) is 2.16. The van der Waals surface area contributed by atoms with Gasteiger partial charge < -0.3 is 4.74 Å². The number of benzene rings is 1. The summed E-state index contributed by atoms with van der Waals surface area (Å²) in [6.07, 6.45) is 3.07. The number of aromatic nitrogens is 4. The van der Waals surface area contributed by atoms with Gasteiger partial charge in [0, 0.05) is 0 Å². The zero-order valence-corrected chi connectivity index (χ0v) is 11.0. The van der Waals surface area contributed by atoms with E-state index in [-0.39, 0.29) is 0 Å². The van der Waals surface area contributed by atoms with E-state index in [1.165, 1.54) is 6.33 Å². The van der Waals surface area contributed by atoms with Crippen molar-refractivity contribution in [1.82, 2.24) is 19.5 Å². The lowest BCUT2D eigenvalue weighted by Crippen LogP contribution is -2.00. The van der Waals surface area contributed by atoms with Crippen molar-refractivity contribution in [2.75, 3.05) is 6.61 Å². The highest BCUT2D eigenvalue weighted by Crippen LogP contribution is 2.28. The molecule has 0 radical (unpaired) electrons. The molecule has 19 heavy (non-hydrogen) atoms. The number of fused-ring (bicyclic) bond motifs is 1. The second kappa shape index (κ2) is 4.85. The van der Waals surface area contributed by atoms with Crippen LogP contribution in [0.15, 0.2) is 36.9 Å². The zero-order valence-electron chi connectivity index (χ0n) is 10.2. The van der Waals surface area contributed by atoms with Gasteiger partial charge in [-0.3, -0.25) is 4.57 Å². The fourth-order valence-electron chi connectivity index (χ4n) is 1.94. The Morgan fingerprint density at radius 3 is 2.89 bits per heavy atom. The summed E-state index contributed by atoms with van der Waals surface area (Å²) in [6.45, 7) is 2.53. The molecule has 0 unspecified atom stereocenters. The molecule has 0 aliphatic rings. The van der Waals surface area contributed by atoms with E-state index in [1.807, 2.05) is 35.8 Å². The van der Waals surface area contributed by atoms with Crippen molar-refractivity contribution >= 4 is 22.8 Å². The fraction of sp³-hybridized carbons (Fsp3) is 0.154. The van der Waals surface area contributed by atoms with Crippen LogP contribution in [-0.4, -0.2) is 26.1 Å². The van der Waals surface area contributed by atoms with Gasteiger partial charge >= 0.3 is 0 Å². The summed E-state index contributed by atoms with van der Waals surface area (Å²) in [7, 11) is 0. The Morgan fingerprint density at radius 1 is 1.21 bits per heavy atom. The lowest BCUT2D eigenvalue weighted by atomic mass is 10.3. The van der Waals surface area contributed by atoms with Crippen LogP contribution in [0.1, 0.15) is 6.92 Å². The molecule has 0 fully saturated rings. The van der Waals surface area contributed by atoms with Gasteiger partial charge in [0.2, 0.25) is 0 Å². The maximum atomic E-state index is 6.13. The first kappa shape index (κ1) is 11.9. The lowest BCUT2D eigenvalue weighted by Gasteiger charge is -2.11. The van der Waals surface area contributed by atoms with Gasteiger partial charge in [-0.15, -0.1) is 0 Å². The molecule has 3 aromatic rings. The van der Waals surface area contributed by atoms with Crippen LogP contribution < -0.4 is 4.74 Å². The Morgan fingerprint density at radius 2 is 2.05 bits per heavy atom. The molecule has 0 bridgehead atoms. The molecule has 3 rings (SSSR count). The van der Waals surface area contributed by atoms with Crippen molar-refractivity contribution in [2.45, 2.75) is 6.92 Å². The third-order valence-electron chi connectivity index (χ3n) is 2.72. The van der Waals surface area contributed by atoms with E-state index < -0.39 is 0 Å². The van der Waals surface area contributed by atoms with Crippen LogP contribution in [0.5, 0.6) is 5.75 Å². The quantitative estimate of drug-likeness (QED) is 0.689. The van der Waals surface area contributed by atoms with Gasteiger partial charge in [0.05, 0.1) is 12.3 Å². The number of imidazole rings is 1. The molecule has 0 amide bonds. The maximum absolute atomic E-state index is 6.13. The highest BCUT2D eigenvalue weighted by atomic mass is 35.5. The van der Waals surface area contributed by atoms with Crippen molar-refractivity contribution in [3.63, 3.8) is 0 Å². The van der Waals surface area contributed by atoms with Crippen molar-refractivity contribution in [3.8, 4) is 11.4 Å². The number of hydrogen-bond donors (Lipinski definition) is 0. The van der Waals surface area contributed by atoms with Crippen LogP contribution in [0.3, 0.4) is 0 Å². The van der Waals surface area contributed by atoms with Gasteiger partial charge in [-0.05, 0) is 19.1 Å². The number of ether oxygens (including phenoxy) is 1. The van der Waals surface area contributed by atoms with Crippen molar-refractivity contribution < 1.29 is 4.74 Å². The Hall–Kier alpha value is -2.14. The average Bonchev–Trinajstić information content (AvgIpc) is 2.85. The molecule has 0 atom stereocenters. The topological polar surface area (TPSA) is 52.8 Å². The van der Waals surface area contributed by atoms with Gasteiger partial charge in [0.1, 0.15) is 23.9 Å². The standard InChI is InChI=1S/C13H11ClN4O/c1-2-19-10-6-4-3-5-9(10)18-8-17-13-11(18)12(14)15-7-16-13/h3-8H,2H2,1H3. The Kier molecular flexibility index (Phi) is 3.05. The number of nitrogens with zero attached hydrogens (tertiary/aromatic N) is 4. The van der Waals surface area contributed by atoms with Crippen molar-refractivity contribution in [1.29, 1.82) is 0 Å². The molecule has 0 aliphatic carbocycles. The molecule has 6 heteroatoms. The lowest BCUT2D eigenvalue weighted by molar-refractivity contribution is 0.339. The molecule has 96 valence electrons. The SMILES string of the molecule is CCOc1ccccc1-n1cnc2ncnc(Cl)c21. The minimum absolute atomic E-state index is 0.369. The van der Waals surface area contributed by atoms with Crippen LogP contribution in [0, 0.1) is 0 Å². The second-order valence-electron chi connectivity index (χ2n) is 3.85. The van der Waals surface area contributed by atoms with Gasteiger partial charge in [-0.2, -0.15) is 0 Å². The minimum Gasteiger partial charge on any atom is -0.492 e. The molecule has 0 saturated carbocycles. The predicted octanol–water partition coefficient (Wildman–Crippen LogP) is 2.87. The summed E-state index contributed by atoms with van der Waals surface area (Å²) >= 11 is 6.13. The molecule has 0 spiro atoms. The van der Waals surface area contributed by atoms with E-state index in [2.05, 4.69) is 15.0 Å². The predicted molar refractivity (Wildman–Crippen MR) is 72.8 cm³/mol. The van der Waals surface area contributed by atoms with Crippen molar-refractivity contribution in [3.05, 3.63) is 42.1 Å². The van der Waals surface area contributed by atoms with Crippen LogP contribution in [0.2, 0.25) is 5.15 Å². The summed E-state index contributed by atoms with van der Waals surface area (Å²) in [5, 5.41) is 0.369. The third kappa shape index (κ3) is 2.02. The summed E-state index contributed by atoms with van der Waals surface area (Å²) in [5.41, 5.74) is 2.10. The second-order valence-corrected chi connectivity index (χ2v) is 4.21. The number of halogens is 1. The Labute approximate surface area is 114 Å². The molecule has 0 aliphatic heterocycles. The first-order valence-corrected chi connectivity index (χ1v) is 6.25. The molecular formula is C13H11ClN4O. The first-order valence-electron chi connectivity index (χ1n) is 5.87. The van der Waals surface area contributed by atoms with E-state index in [1.54, 1.807) is 6.33 Å². The molecule has 1 aromatic carbocycles. The van der Waals surface area contributed by atoms with Crippen molar-refractivity contribution in [2.24, 2.45) is 0 Å². The van der Waals surface area contributed by atoms with Crippen LogP contribution in [-0.2, 0) is 0 Å². The van der Waals surface area contributed by atoms with Gasteiger partial charge in [0.15, 0.2) is 10.8 Å². The van der Waals surface area contributed by atoms with Crippen LogP contribution in [0.25, 0.3) is 16.9 Å². The summed E-state index contributed by atoms with van der Waals surface area (Å²) in [6, 6.07) is 7.70. The monoisotopic (exact) mass is 274 g/mol. The average molecular weight is 275 g/mol. The maximum Gasteiger partial charge on any atom is 0.182 e. The highest BCUT2D eigenvalue weighted by Gasteiger charge is 2.13. The third-order valence-corrected chi connectivity index (χ3v) is 3.00. The van der Waals surface area contributed by atoms with E-state index in [4.69, 9.17) is 16.3 Å². The Balaban J connectivity index is 2.25. The van der Waals surface area contributed by atoms with E-state index in [0.717, 1.165) is 11.4 Å². The molecular weight excluding hydrogens is 264 g/mol. The molecule has 0 N–H and O–H groups in total. The number of rotatable bonds is 3. The van der Waals surface area contributed by atoms with E-state index in [9.17, 15) is 0 Å². The largest absolute Gasteiger partial charge is 0.492 e. The minimum atomic E-state index is 0.369. The molecule has 2 heterocycles. The Bertz CT molecular complexity index is 725. The number of hydrogen-bond acceptors (Lipinski definition) is 4. The van der Waals surface area contributed by atoms with E-state index in [0.29, 0.717) is 22.9 Å². The molecule has 2 aromatic heterocycles. The molecule has 0 saturated heterocycles. The zero-order chi connectivity index (χ0) is 13.2.